The Hall–Kier alpha value is -1.67. The number of nitrogens with zero attached hydrogens (tertiary/aromatic N) is 1. The average Bonchev–Trinajstić information content (AvgIpc) is 2.50. The lowest BCUT2D eigenvalue weighted by atomic mass is 10.0. The third-order valence-corrected chi connectivity index (χ3v) is 4.49. The number of rotatable bonds is 5. The molecule has 23 heavy (non-hydrogen) atoms. The second-order valence-electron chi connectivity index (χ2n) is 5.75. The van der Waals surface area contributed by atoms with E-state index >= 15 is 0 Å². The first kappa shape index (κ1) is 17.7. The van der Waals surface area contributed by atoms with Crippen molar-refractivity contribution in [1.29, 1.82) is 0 Å². The normalized spacial score (nSPS) is 18.7. The van der Waals surface area contributed by atoms with Gasteiger partial charge in [-0.2, -0.15) is 0 Å². The number of sulfonamides is 1. The molecule has 1 aliphatic rings. The first-order chi connectivity index (χ1) is 10.8. The van der Waals surface area contributed by atoms with Crippen LogP contribution in [-0.2, 0) is 16.6 Å². The summed E-state index contributed by atoms with van der Waals surface area (Å²) in [4.78, 5) is 14.0. The standard InChI is InChI=1S/C15H22FN3O3S/c1-23(21,22)18-11-14-7-2-3-8-19(14)15(20)17-10-12-5-4-6-13(16)9-12/h4-6,9,14,18H,2-3,7-8,10-11H2,1H3,(H,17,20)/t14-/m1/s1. The van der Waals surface area contributed by atoms with Gasteiger partial charge in [-0.15, -0.1) is 0 Å². The number of piperidine rings is 1. The smallest absolute Gasteiger partial charge is 0.317 e. The fourth-order valence-electron chi connectivity index (χ4n) is 2.65. The maximum atomic E-state index is 13.1. The van der Waals surface area contributed by atoms with Gasteiger partial charge in [-0.3, -0.25) is 0 Å². The molecule has 2 rings (SSSR count). The number of hydrogen-bond donors (Lipinski definition) is 2. The van der Waals surface area contributed by atoms with E-state index in [9.17, 15) is 17.6 Å². The van der Waals surface area contributed by atoms with Crippen LogP contribution in [0.4, 0.5) is 9.18 Å². The van der Waals surface area contributed by atoms with Crippen LogP contribution in [0.1, 0.15) is 24.8 Å². The van der Waals surface area contributed by atoms with Crippen molar-refractivity contribution in [3.8, 4) is 0 Å². The van der Waals surface area contributed by atoms with E-state index in [-0.39, 0.29) is 31.0 Å². The quantitative estimate of drug-likeness (QED) is 0.849. The van der Waals surface area contributed by atoms with E-state index in [0.29, 0.717) is 12.1 Å². The molecule has 1 fully saturated rings. The van der Waals surface area contributed by atoms with Crippen LogP contribution in [0.25, 0.3) is 0 Å². The molecule has 2 amide bonds. The lowest BCUT2D eigenvalue weighted by Gasteiger charge is -2.35. The zero-order valence-corrected chi connectivity index (χ0v) is 13.9. The Bertz CT molecular complexity index is 651. The van der Waals surface area contributed by atoms with Gasteiger partial charge >= 0.3 is 6.03 Å². The van der Waals surface area contributed by atoms with Crippen LogP contribution in [0.15, 0.2) is 24.3 Å². The third kappa shape index (κ3) is 5.80. The summed E-state index contributed by atoms with van der Waals surface area (Å²) in [6.45, 7) is 1.04. The van der Waals surface area contributed by atoms with Gasteiger partial charge in [0.15, 0.2) is 0 Å². The Balaban J connectivity index is 1.92. The highest BCUT2D eigenvalue weighted by atomic mass is 32.2. The third-order valence-electron chi connectivity index (χ3n) is 3.80. The molecule has 0 aromatic heterocycles. The highest BCUT2D eigenvalue weighted by molar-refractivity contribution is 7.88. The SMILES string of the molecule is CS(=O)(=O)NC[C@H]1CCCCN1C(=O)NCc1cccc(F)c1. The molecular formula is C15H22FN3O3S. The second-order valence-corrected chi connectivity index (χ2v) is 7.59. The predicted octanol–water partition coefficient (Wildman–Crippen LogP) is 1.44. The number of likely N-dealkylation sites (tertiary alicyclic amines) is 1. The molecule has 1 aromatic rings. The molecule has 0 unspecified atom stereocenters. The van der Waals surface area contributed by atoms with E-state index in [1.54, 1.807) is 17.0 Å². The average molecular weight is 343 g/mol. The van der Waals surface area contributed by atoms with Gasteiger partial charge in [0.25, 0.3) is 0 Å². The summed E-state index contributed by atoms with van der Waals surface area (Å²) in [5.41, 5.74) is 0.682. The van der Waals surface area contributed by atoms with Crippen molar-refractivity contribution in [2.45, 2.75) is 31.8 Å². The van der Waals surface area contributed by atoms with Crippen molar-refractivity contribution in [2.75, 3.05) is 19.3 Å². The number of urea groups is 1. The highest BCUT2D eigenvalue weighted by Crippen LogP contribution is 2.17. The van der Waals surface area contributed by atoms with Crippen molar-refractivity contribution in [3.05, 3.63) is 35.6 Å². The molecule has 0 saturated carbocycles. The molecule has 2 N–H and O–H groups in total. The Labute approximate surface area is 136 Å². The van der Waals surface area contributed by atoms with Gasteiger partial charge in [-0.05, 0) is 37.0 Å². The van der Waals surface area contributed by atoms with Crippen LogP contribution < -0.4 is 10.0 Å². The maximum Gasteiger partial charge on any atom is 0.317 e. The van der Waals surface area contributed by atoms with Crippen molar-refractivity contribution >= 4 is 16.1 Å². The van der Waals surface area contributed by atoms with E-state index in [1.165, 1.54) is 12.1 Å². The van der Waals surface area contributed by atoms with E-state index in [1.807, 2.05) is 0 Å². The molecule has 6 nitrogen and oxygen atoms in total. The Kier molecular flexibility index (Phi) is 5.95. The van der Waals surface area contributed by atoms with Gasteiger partial charge in [-0.1, -0.05) is 12.1 Å². The first-order valence-corrected chi connectivity index (χ1v) is 9.48. The molecule has 0 bridgehead atoms. The minimum absolute atomic E-state index is 0.161. The molecule has 1 heterocycles. The lowest BCUT2D eigenvalue weighted by Crippen LogP contribution is -2.52. The zero-order chi connectivity index (χ0) is 16.9. The summed E-state index contributed by atoms with van der Waals surface area (Å²) in [6, 6.07) is 5.64. The van der Waals surface area contributed by atoms with Crippen molar-refractivity contribution in [1.82, 2.24) is 14.9 Å². The summed E-state index contributed by atoms with van der Waals surface area (Å²) in [5.74, 6) is -0.343. The number of benzene rings is 1. The Morgan fingerprint density at radius 3 is 2.87 bits per heavy atom. The summed E-state index contributed by atoms with van der Waals surface area (Å²) in [6.07, 6.45) is 3.71. The molecule has 1 saturated heterocycles. The summed E-state index contributed by atoms with van der Waals surface area (Å²) in [7, 11) is -3.28. The minimum atomic E-state index is -3.28. The predicted molar refractivity (Wildman–Crippen MR) is 85.8 cm³/mol. The van der Waals surface area contributed by atoms with E-state index < -0.39 is 10.0 Å². The topological polar surface area (TPSA) is 78.5 Å². The van der Waals surface area contributed by atoms with E-state index in [2.05, 4.69) is 10.0 Å². The Morgan fingerprint density at radius 2 is 2.17 bits per heavy atom. The van der Waals surface area contributed by atoms with Gasteiger partial charge in [-0.25, -0.2) is 22.3 Å². The van der Waals surface area contributed by atoms with Crippen molar-refractivity contribution in [3.63, 3.8) is 0 Å². The number of carbonyl (C=O) groups excluding carboxylic acids is 1. The highest BCUT2D eigenvalue weighted by Gasteiger charge is 2.27. The molecule has 0 aliphatic carbocycles. The molecule has 1 atom stereocenters. The van der Waals surface area contributed by atoms with Crippen LogP contribution >= 0.6 is 0 Å². The van der Waals surface area contributed by atoms with Crippen molar-refractivity contribution in [2.24, 2.45) is 0 Å². The number of halogens is 1. The monoisotopic (exact) mass is 343 g/mol. The fraction of sp³-hybridized carbons (Fsp3) is 0.533. The number of amides is 2. The van der Waals surface area contributed by atoms with Gasteiger partial charge in [0.2, 0.25) is 10.0 Å². The summed E-state index contributed by atoms with van der Waals surface area (Å²) in [5, 5.41) is 2.77. The van der Waals surface area contributed by atoms with Gasteiger partial charge in [0.1, 0.15) is 5.82 Å². The Morgan fingerprint density at radius 1 is 1.39 bits per heavy atom. The van der Waals surface area contributed by atoms with Gasteiger partial charge in [0.05, 0.1) is 6.26 Å². The summed E-state index contributed by atoms with van der Waals surface area (Å²) >= 11 is 0. The van der Waals surface area contributed by atoms with Crippen LogP contribution in [0, 0.1) is 5.82 Å². The van der Waals surface area contributed by atoms with Gasteiger partial charge < -0.3 is 10.2 Å². The molecule has 8 heteroatoms. The number of carbonyl (C=O) groups is 1. The van der Waals surface area contributed by atoms with Crippen molar-refractivity contribution < 1.29 is 17.6 Å². The molecule has 0 spiro atoms. The largest absolute Gasteiger partial charge is 0.334 e. The molecule has 1 aliphatic heterocycles. The van der Waals surface area contributed by atoms with Crippen LogP contribution in [0.2, 0.25) is 0 Å². The van der Waals surface area contributed by atoms with Crippen LogP contribution in [0.3, 0.4) is 0 Å². The second kappa shape index (κ2) is 7.74. The maximum absolute atomic E-state index is 13.1. The van der Waals surface area contributed by atoms with E-state index in [4.69, 9.17) is 0 Å². The lowest BCUT2D eigenvalue weighted by molar-refractivity contribution is 0.152. The van der Waals surface area contributed by atoms with E-state index in [0.717, 1.165) is 25.5 Å². The fourth-order valence-corrected chi connectivity index (χ4v) is 3.15. The molecule has 1 aromatic carbocycles. The molecule has 128 valence electrons. The van der Waals surface area contributed by atoms with Crippen LogP contribution in [0.5, 0.6) is 0 Å². The van der Waals surface area contributed by atoms with Crippen LogP contribution in [-0.4, -0.2) is 44.7 Å². The first-order valence-electron chi connectivity index (χ1n) is 7.59. The van der Waals surface area contributed by atoms with Gasteiger partial charge in [0, 0.05) is 25.7 Å². The number of nitrogens with one attached hydrogen (secondary N) is 2. The number of hydrogen-bond acceptors (Lipinski definition) is 3. The minimum Gasteiger partial charge on any atom is -0.334 e. The zero-order valence-electron chi connectivity index (χ0n) is 13.1. The molecular weight excluding hydrogens is 321 g/mol. The summed E-state index contributed by atoms with van der Waals surface area (Å²) < 4.78 is 38.0. The molecule has 0 radical (unpaired) electrons.